The summed E-state index contributed by atoms with van der Waals surface area (Å²) in [7, 11) is 0. The van der Waals surface area contributed by atoms with Crippen LogP contribution in [0.3, 0.4) is 0 Å². The molecule has 0 aromatic heterocycles. The number of hydrogen-bond donors (Lipinski definition) is 2. The molecule has 0 fully saturated rings. The molecule has 0 aliphatic heterocycles. The van der Waals surface area contributed by atoms with Crippen LogP contribution >= 0.6 is 0 Å². The van der Waals surface area contributed by atoms with E-state index < -0.39 is 17.5 Å². The lowest BCUT2D eigenvalue weighted by Gasteiger charge is -2.21. The molecule has 0 saturated carbocycles. The van der Waals surface area contributed by atoms with Crippen molar-refractivity contribution in [1.29, 1.82) is 0 Å². The van der Waals surface area contributed by atoms with Gasteiger partial charge in [0.1, 0.15) is 5.54 Å². The predicted molar refractivity (Wildman–Crippen MR) is 48.0 cm³/mol. The first-order valence-electron chi connectivity index (χ1n) is 4.15. The van der Waals surface area contributed by atoms with Crippen molar-refractivity contribution in [3.05, 3.63) is 0 Å². The third-order valence-corrected chi connectivity index (χ3v) is 1.47. The van der Waals surface area contributed by atoms with Crippen LogP contribution in [0.1, 0.15) is 27.2 Å². The van der Waals surface area contributed by atoms with Crippen LogP contribution in [0.4, 0.5) is 4.79 Å². The summed E-state index contributed by atoms with van der Waals surface area (Å²) in [6, 6.07) is 0. The SMILES string of the molecule is CCCOC(=O)NC(C)(C)C(N)=O. The van der Waals surface area contributed by atoms with Crippen molar-refractivity contribution in [3.63, 3.8) is 0 Å². The second-order valence-electron chi connectivity index (χ2n) is 3.25. The number of hydrogen-bond acceptors (Lipinski definition) is 3. The van der Waals surface area contributed by atoms with Gasteiger partial charge < -0.3 is 15.8 Å². The number of amides is 2. The quantitative estimate of drug-likeness (QED) is 0.669. The van der Waals surface area contributed by atoms with Gasteiger partial charge in [-0.25, -0.2) is 4.79 Å². The van der Waals surface area contributed by atoms with E-state index in [9.17, 15) is 9.59 Å². The molecular formula is C8H16N2O3. The fraction of sp³-hybridized carbons (Fsp3) is 0.750. The van der Waals surface area contributed by atoms with Crippen molar-refractivity contribution >= 4 is 12.0 Å². The highest BCUT2D eigenvalue weighted by atomic mass is 16.5. The van der Waals surface area contributed by atoms with Crippen LogP contribution in [0.25, 0.3) is 0 Å². The molecule has 76 valence electrons. The van der Waals surface area contributed by atoms with Gasteiger partial charge in [0, 0.05) is 0 Å². The number of nitrogens with two attached hydrogens (primary N) is 1. The molecule has 13 heavy (non-hydrogen) atoms. The first kappa shape index (κ1) is 11.7. The van der Waals surface area contributed by atoms with Crippen LogP contribution in [0.5, 0.6) is 0 Å². The van der Waals surface area contributed by atoms with Gasteiger partial charge in [0.25, 0.3) is 0 Å². The standard InChI is InChI=1S/C8H16N2O3/c1-4-5-13-7(12)10-8(2,3)6(9)11/h4-5H2,1-3H3,(H2,9,11)(H,10,12). The number of nitrogens with one attached hydrogen (secondary N) is 1. The molecule has 0 atom stereocenters. The molecule has 0 spiro atoms. The summed E-state index contributed by atoms with van der Waals surface area (Å²) in [4.78, 5) is 21.8. The Morgan fingerprint density at radius 3 is 2.38 bits per heavy atom. The lowest BCUT2D eigenvalue weighted by atomic mass is 10.1. The molecule has 5 heteroatoms. The van der Waals surface area contributed by atoms with E-state index in [4.69, 9.17) is 10.5 Å². The molecule has 0 saturated heterocycles. The molecular weight excluding hydrogens is 172 g/mol. The number of alkyl carbamates (subject to hydrolysis) is 1. The van der Waals surface area contributed by atoms with Gasteiger partial charge in [0.15, 0.2) is 0 Å². The summed E-state index contributed by atoms with van der Waals surface area (Å²) in [5.74, 6) is -0.596. The fourth-order valence-electron chi connectivity index (χ4n) is 0.548. The van der Waals surface area contributed by atoms with E-state index in [1.165, 1.54) is 13.8 Å². The third kappa shape index (κ3) is 4.35. The smallest absolute Gasteiger partial charge is 0.407 e. The fourth-order valence-corrected chi connectivity index (χ4v) is 0.548. The maximum atomic E-state index is 11.0. The number of rotatable bonds is 4. The first-order chi connectivity index (χ1) is 5.90. The van der Waals surface area contributed by atoms with Gasteiger partial charge in [-0.15, -0.1) is 0 Å². The zero-order chi connectivity index (χ0) is 10.5. The van der Waals surface area contributed by atoms with Crippen molar-refractivity contribution in [2.24, 2.45) is 5.73 Å². The highest BCUT2D eigenvalue weighted by Gasteiger charge is 2.27. The summed E-state index contributed by atoms with van der Waals surface area (Å²) in [5.41, 5.74) is 3.97. The Balaban J connectivity index is 3.97. The minimum atomic E-state index is -1.06. The third-order valence-electron chi connectivity index (χ3n) is 1.47. The van der Waals surface area contributed by atoms with Crippen LogP contribution in [0, 0.1) is 0 Å². The molecule has 0 bridgehead atoms. The van der Waals surface area contributed by atoms with Crippen LogP contribution in [-0.2, 0) is 9.53 Å². The number of ether oxygens (including phenoxy) is 1. The van der Waals surface area contributed by atoms with E-state index in [1.54, 1.807) is 0 Å². The van der Waals surface area contributed by atoms with E-state index in [1.807, 2.05) is 6.92 Å². The zero-order valence-electron chi connectivity index (χ0n) is 8.22. The van der Waals surface area contributed by atoms with Crippen molar-refractivity contribution in [2.45, 2.75) is 32.7 Å². The van der Waals surface area contributed by atoms with E-state index in [2.05, 4.69) is 5.32 Å². The molecule has 0 rings (SSSR count). The zero-order valence-corrected chi connectivity index (χ0v) is 8.22. The molecule has 0 aromatic rings. The highest BCUT2D eigenvalue weighted by molar-refractivity contribution is 5.87. The highest BCUT2D eigenvalue weighted by Crippen LogP contribution is 2.00. The van der Waals surface area contributed by atoms with Gasteiger partial charge in [-0.2, -0.15) is 0 Å². The molecule has 0 heterocycles. The summed E-state index contributed by atoms with van der Waals surface area (Å²) < 4.78 is 4.72. The number of carbonyl (C=O) groups excluding carboxylic acids is 2. The Hall–Kier alpha value is -1.26. The van der Waals surface area contributed by atoms with Crippen LogP contribution in [0.2, 0.25) is 0 Å². The topological polar surface area (TPSA) is 81.4 Å². The van der Waals surface area contributed by atoms with E-state index in [0.717, 1.165) is 6.42 Å². The second-order valence-corrected chi connectivity index (χ2v) is 3.25. The normalized spacial score (nSPS) is 10.7. The molecule has 0 unspecified atom stereocenters. The molecule has 3 N–H and O–H groups in total. The van der Waals surface area contributed by atoms with E-state index in [-0.39, 0.29) is 0 Å². The monoisotopic (exact) mass is 188 g/mol. The maximum absolute atomic E-state index is 11.0. The predicted octanol–water partition coefficient (Wildman–Crippen LogP) is 0.386. The van der Waals surface area contributed by atoms with Gasteiger partial charge in [-0.3, -0.25) is 4.79 Å². The van der Waals surface area contributed by atoms with Crippen LogP contribution in [-0.4, -0.2) is 24.1 Å². The minimum Gasteiger partial charge on any atom is -0.450 e. The first-order valence-corrected chi connectivity index (χ1v) is 4.15. The lowest BCUT2D eigenvalue weighted by molar-refractivity contribution is -0.123. The summed E-state index contributed by atoms with van der Waals surface area (Å²) >= 11 is 0. The molecule has 0 aromatic carbocycles. The molecule has 0 radical (unpaired) electrons. The van der Waals surface area contributed by atoms with Crippen LogP contribution < -0.4 is 11.1 Å². The van der Waals surface area contributed by atoms with Gasteiger partial charge in [-0.1, -0.05) is 6.92 Å². The Morgan fingerprint density at radius 2 is 2.00 bits per heavy atom. The van der Waals surface area contributed by atoms with Gasteiger partial charge in [-0.05, 0) is 20.3 Å². The number of carbonyl (C=O) groups is 2. The van der Waals surface area contributed by atoms with Crippen LogP contribution in [0.15, 0.2) is 0 Å². The average molecular weight is 188 g/mol. The average Bonchev–Trinajstić information content (AvgIpc) is 1.99. The second kappa shape index (κ2) is 4.69. The maximum Gasteiger partial charge on any atom is 0.407 e. The van der Waals surface area contributed by atoms with Gasteiger partial charge >= 0.3 is 6.09 Å². The summed E-state index contributed by atoms with van der Waals surface area (Å²) in [5, 5.41) is 2.35. The molecule has 5 nitrogen and oxygen atoms in total. The summed E-state index contributed by atoms with van der Waals surface area (Å²) in [6.45, 7) is 5.25. The minimum absolute atomic E-state index is 0.334. The van der Waals surface area contributed by atoms with Crippen molar-refractivity contribution in [2.75, 3.05) is 6.61 Å². The molecule has 2 amide bonds. The largest absolute Gasteiger partial charge is 0.450 e. The Kier molecular flexibility index (Phi) is 4.23. The van der Waals surface area contributed by atoms with Crippen molar-refractivity contribution in [3.8, 4) is 0 Å². The molecule has 0 aliphatic rings. The lowest BCUT2D eigenvalue weighted by Crippen LogP contribution is -2.53. The Morgan fingerprint density at radius 1 is 1.46 bits per heavy atom. The van der Waals surface area contributed by atoms with E-state index in [0.29, 0.717) is 6.61 Å². The van der Waals surface area contributed by atoms with Gasteiger partial charge in [0.2, 0.25) is 5.91 Å². The Labute approximate surface area is 77.6 Å². The van der Waals surface area contributed by atoms with Gasteiger partial charge in [0.05, 0.1) is 6.61 Å². The summed E-state index contributed by atoms with van der Waals surface area (Å²) in [6.07, 6.45) is 0.121. The van der Waals surface area contributed by atoms with Crippen molar-refractivity contribution in [1.82, 2.24) is 5.32 Å². The Bertz CT molecular complexity index is 202. The molecule has 0 aliphatic carbocycles. The number of primary amides is 1. The van der Waals surface area contributed by atoms with E-state index >= 15 is 0 Å². The van der Waals surface area contributed by atoms with Crippen molar-refractivity contribution < 1.29 is 14.3 Å².